The molecule has 0 saturated carbocycles. The van der Waals surface area contributed by atoms with Gasteiger partial charge in [-0.3, -0.25) is 9.47 Å². The molecule has 0 saturated heterocycles. The Morgan fingerprint density at radius 1 is 1.30 bits per heavy atom. The van der Waals surface area contributed by atoms with Crippen molar-refractivity contribution >= 4 is 25.8 Å². The molecule has 0 N–H and O–H groups in total. The van der Waals surface area contributed by atoms with Crippen molar-refractivity contribution in [2.75, 3.05) is 19.3 Å². The summed E-state index contributed by atoms with van der Waals surface area (Å²) in [5, 5.41) is 0. The fourth-order valence-corrected chi connectivity index (χ4v) is 3.60. The Labute approximate surface area is 142 Å². The SMILES string of the molecule is CN(CCS(=O)(=O)c1ccc(Br)cc1)Cc1nccn1C(F)F. The van der Waals surface area contributed by atoms with E-state index in [2.05, 4.69) is 20.9 Å². The van der Waals surface area contributed by atoms with E-state index in [1.54, 1.807) is 24.1 Å². The van der Waals surface area contributed by atoms with E-state index in [1.807, 2.05) is 0 Å². The molecule has 5 nitrogen and oxygen atoms in total. The smallest absolute Gasteiger partial charge is 0.298 e. The molecule has 126 valence electrons. The molecule has 9 heteroatoms. The summed E-state index contributed by atoms with van der Waals surface area (Å²) in [6, 6.07) is 6.39. The summed E-state index contributed by atoms with van der Waals surface area (Å²) in [5.74, 6) is 0.101. The molecule has 0 atom stereocenters. The Bertz CT molecular complexity index is 748. The molecule has 0 bridgehead atoms. The van der Waals surface area contributed by atoms with Crippen LogP contribution in [-0.4, -0.2) is 42.2 Å². The zero-order chi connectivity index (χ0) is 17.0. The molecule has 0 unspecified atom stereocenters. The Morgan fingerprint density at radius 3 is 2.57 bits per heavy atom. The second-order valence-electron chi connectivity index (χ2n) is 5.04. The van der Waals surface area contributed by atoms with Crippen molar-refractivity contribution in [1.82, 2.24) is 14.5 Å². The molecule has 1 heterocycles. The third-order valence-electron chi connectivity index (χ3n) is 3.28. The van der Waals surface area contributed by atoms with E-state index in [9.17, 15) is 17.2 Å². The molecule has 0 aliphatic heterocycles. The van der Waals surface area contributed by atoms with Crippen molar-refractivity contribution in [1.29, 1.82) is 0 Å². The molecule has 1 aromatic heterocycles. The van der Waals surface area contributed by atoms with Gasteiger partial charge in [-0.2, -0.15) is 8.78 Å². The molecule has 0 radical (unpaired) electrons. The van der Waals surface area contributed by atoms with Crippen LogP contribution in [0.3, 0.4) is 0 Å². The van der Waals surface area contributed by atoms with E-state index in [-0.39, 0.29) is 29.6 Å². The fourth-order valence-electron chi connectivity index (χ4n) is 2.00. The molecule has 1 aromatic carbocycles. The van der Waals surface area contributed by atoms with Crippen LogP contribution in [0.4, 0.5) is 8.78 Å². The number of hydrogen-bond acceptors (Lipinski definition) is 4. The number of sulfone groups is 1. The van der Waals surface area contributed by atoms with Gasteiger partial charge in [-0.1, -0.05) is 15.9 Å². The van der Waals surface area contributed by atoms with Gasteiger partial charge in [-0.25, -0.2) is 13.4 Å². The molecular weight excluding hydrogens is 392 g/mol. The van der Waals surface area contributed by atoms with E-state index < -0.39 is 16.4 Å². The zero-order valence-electron chi connectivity index (χ0n) is 12.4. The van der Waals surface area contributed by atoms with E-state index in [0.29, 0.717) is 0 Å². The first-order chi connectivity index (χ1) is 10.8. The lowest BCUT2D eigenvalue weighted by molar-refractivity contribution is 0.0647. The van der Waals surface area contributed by atoms with Gasteiger partial charge in [0.15, 0.2) is 9.84 Å². The van der Waals surface area contributed by atoms with Gasteiger partial charge in [-0.05, 0) is 31.3 Å². The molecule has 23 heavy (non-hydrogen) atoms. The van der Waals surface area contributed by atoms with E-state index in [4.69, 9.17) is 0 Å². The zero-order valence-corrected chi connectivity index (χ0v) is 14.8. The Kier molecular flexibility index (Phi) is 5.88. The molecule has 0 aliphatic carbocycles. The first-order valence-electron chi connectivity index (χ1n) is 6.76. The minimum absolute atomic E-state index is 0.0967. The highest BCUT2D eigenvalue weighted by atomic mass is 79.9. The van der Waals surface area contributed by atoms with Crippen LogP contribution in [0.15, 0.2) is 46.0 Å². The third-order valence-corrected chi connectivity index (χ3v) is 5.52. The average Bonchev–Trinajstić information content (AvgIpc) is 2.94. The van der Waals surface area contributed by atoms with E-state index in [0.717, 1.165) is 9.04 Å². The summed E-state index contributed by atoms with van der Waals surface area (Å²) in [6.07, 6.45) is 2.50. The predicted molar refractivity (Wildman–Crippen MR) is 86.0 cm³/mol. The fraction of sp³-hybridized carbons (Fsp3) is 0.357. The number of alkyl halides is 2. The van der Waals surface area contributed by atoms with Crippen LogP contribution in [0.5, 0.6) is 0 Å². The summed E-state index contributed by atoms with van der Waals surface area (Å²) in [4.78, 5) is 5.77. The van der Waals surface area contributed by atoms with E-state index in [1.165, 1.54) is 24.5 Å². The topological polar surface area (TPSA) is 55.2 Å². The highest BCUT2D eigenvalue weighted by Crippen LogP contribution is 2.17. The van der Waals surface area contributed by atoms with Gasteiger partial charge in [-0.15, -0.1) is 0 Å². The van der Waals surface area contributed by atoms with Gasteiger partial charge in [0.25, 0.3) is 0 Å². The average molecular weight is 408 g/mol. The monoisotopic (exact) mass is 407 g/mol. The number of nitrogens with zero attached hydrogens (tertiary/aromatic N) is 3. The Hall–Kier alpha value is -1.32. The van der Waals surface area contributed by atoms with Crippen molar-refractivity contribution in [2.45, 2.75) is 18.0 Å². The minimum atomic E-state index is -3.42. The Balaban J connectivity index is 1.97. The summed E-state index contributed by atoms with van der Waals surface area (Å²) in [6.45, 7) is -2.30. The number of halogens is 3. The van der Waals surface area contributed by atoms with Crippen molar-refractivity contribution < 1.29 is 17.2 Å². The second kappa shape index (κ2) is 7.50. The molecule has 2 aromatic rings. The molecular formula is C14H16BrF2N3O2S. The molecule has 0 spiro atoms. The summed E-state index contributed by atoms with van der Waals surface area (Å²) < 4.78 is 51.5. The van der Waals surface area contributed by atoms with Gasteiger partial charge in [0, 0.05) is 23.4 Å². The van der Waals surface area contributed by atoms with Gasteiger partial charge in [0.2, 0.25) is 0 Å². The number of benzene rings is 1. The molecule has 0 aliphatic rings. The van der Waals surface area contributed by atoms with Crippen LogP contribution in [0.2, 0.25) is 0 Å². The quantitative estimate of drug-likeness (QED) is 0.707. The maximum absolute atomic E-state index is 12.7. The van der Waals surface area contributed by atoms with Crippen molar-refractivity contribution in [3.63, 3.8) is 0 Å². The van der Waals surface area contributed by atoms with Crippen LogP contribution in [0.1, 0.15) is 12.4 Å². The number of hydrogen-bond donors (Lipinski definition) is 0. The summed E-state index contributed by atoms with van der Waals surface area (Å²) >= 11 is 3.25. The summed E-state index contributed by atoms with van der Waals surface area (Å²) in [5.41, 5.74) is 0. The standard InChI is InChI=1S/C14H16BrF2N3O2S/c1-19(10-13-18-6-7-20(13)14(16)17)8-9-23(21,22)12-4-2-11(15)3-5-12/h2-7,14H,8-10H2,1H3. The number of imidazole rings is 1. The lowest BCUT2D eigenvalue weighted by atomic mass is 10.4. The first-order valence-corrected chi connectivity index (χ1v) is 9.21. The van der Waals surface area contributed by atoms with Crippen LogP contribution in [-0.2, 0) is 16.4 Å². The van der Waals surface area contributed by atoms with Gasteiger partial charge in [0.1, 0.15) is 5.82 Å². The predicted octanol–water partition coefficient (Wildman–Crippen LogP) is 2.95. The van der Waals surface area contributed by atoms with Gasteiger partial charge in [0.05, 0.1) is 17.2 Å². The van der Waals surface area contributed by atoms with Crippen molar-refractivity contribution in [3.8, 4) is 0 Å². The molecule has 0 fully saturated rings. The van der Waals surface area contributed by atoms with Crippen molar-refractivity contribution in [2.24, 2.45) is 0 Å². The van der Waals surface area contributed by atoms with Crippen LogP contribution in [0.25, 0.3) is 0 Å². The highest BCUT2D eigenvalue weighted by molar-refractivity contribution is 9.10. The number of aromatic nitrogens is 2. The van der Waals surface area contributed by atoms with Crippen LogP contribution in [0, 0.1) is 0 Å². The molecule has 2 rings (SSSR count). The minimum Gasteiger partial charge on any atom is -0.298 e. The van der Waals surface area contributed by atoms with Crippen LogP contribution >= 0.6 is 15.9 Å². The maximum Gasteiger partial charge on any atom is 0.319 e. The molecule has 0 amide bonds. The summed E-state index contributed by atoms with van der Waals surface area (Å²) in [7, 11) is -1.75. The van der Waals surface area contributed by atoms with Gasteiger partial charge < -0.3 is 0 Å². The lowest BCUT2D eigenvalue weighted by Gasteiger charge is -2.17. The van der Waals surface area contributed by atoms with Crippen LogP contribution < -0.4 is 0 Å². The third kappa shape index (κ3) is 4.82. The lowest BCUT2D eigenvalue weighted by Crippen LogP contribution is -2.27. The second-order valence-corrected chi connectivity index (χ2v) is 8.06. The van der Waals surface area contributed by atoms with Gasteiger partial charge >= 0.3 is 6.55 Å². The largest absolute Gasteiger partial charge is 0.319 e. The number of rotatable bonds is 7. The normalized spacial score (nSPS) is 12.3. The van der Waals surface area contributed by atoms with E-state index >= 15 is 0 Å². The van der Waals surface area contributed by atoms with Crippen molar-refractivity contribution in [3.05, 3.63) is 47.0 Å². The first kappa shape index (κ1) is 18.0. The highest BCUT2D eigenvalue weighted by Gasteiger charge is 2.17. The Morgan fingerprint density at radius 2 is 1.96 bits per heavy atom. The maximum atomic E-state index is 12.7.